The smallest absolute Gasteiger partial charge is 0.342 e. The normalized spacial score (nSPS) is 10.7. The summed E-state index contributed by atoms with van der Waals surface area (Å²) in [5, 5.41) is 8.52. The van der Waals surface area contributed by atoms with Gasteiger partial charge in [0, 0.05) is 17.8 Å². The van der Waals surface area contributed by atoms with Gasteiger partial charge < -0.3 is 18.7 Å². The van der Waals surface area contributed by atoms with E-state index in [1.54, 1.807) is 56.3 Å². The Hall–Kier alpha value is -4.07. The fourth-order valence-electron chi connectivity index (χ4n) is 3.14. The number of para-hydroxylation sites is 1. The van der Waals surface area contributed by atoms with Crippen molar-refractivity contribution < 1.29 is 23.5 Å². The van der Waals surface area contributed by atoms with E-state index in [0.717, 1.165) is 5.69 Å². The van der Waals surface area contributed by atoms with Gasteiger partial charge in [-0.05, 0) is 37.3 Å². The average molecular weight is 419 g/mol. The van der Waals surface area contributed by atoms with Crippen LogP contribution in [0.2, 0.25) is 0 Å². The van der Waals surface area contributed by atoms with Gasteiger partial charge in [0.25, 0.3) is 0 Å². The van der Waals surface area contributed by atoms with E-state index >= 15 is 0 Å². The predicted molar refractivity (Wildman–Crippen MR) is 112 cm³/mol. The van der Waals surface area contributed by atoms with Crippen LogP contribution in [0.3, 0.4) is 0 Å². The number of carbonyl (C=O) groups excluding carboxylic acids is 1. The first-order chi connectivity index (χ1) is 15.1. The first-order valence-electron chi connectivity index (χ1n) is 9.56. The molecule has 0 aliphatic carbocycles. The molecule has 4 rings (SSSR count). The van der Waals surface area contributed by atoms with Crippen molar-refractivity contribution in [2.45, 2.75) is 13.5 Å². The number of carbonyl (C=O) groups is 1. The molecule has 8 nitrogen and oxygen atoms in total. The molecule has 0 atom stereocenters. The average Bonchev–Trinajstić information content (AvgIpc) is 3.44. The topological polar surface area (TPSA) is 88.6 Å². The molecule has 2 heterocycles. The zero-order valence-electron chi connectivity index (χ0n) is 17.4. The van der Waals surface area contributed by atoms with Crippen molar-refractivity contribution in [1.82, 2.24) is 14.9 Å². The second kappa shape index (κ2) is 8.74. The van der Waals surface area contributed by atoms with Crippen LogP contribution in [0.25, 0.3) is 16.9 Å². The molecular formula is C23H21N3O5. The molecule has 0 radical (unpaired) electrons. The summed E-state index contributed by atoms with van der Waals surface area (Å²) in [6, 6.07) is 16.5. The van der Waals surface area contributed by atoms with Crippen molar-refractivity contribution in [1.29, 1.82) is 0 Å². The molecule has 0 aliphatic heterocycles. The van der Waals surface area contributed by atoms with Gasteiger partial charge in [-0.2, -0.15) is 5.10 Å². The largest absolute Gasteiger partial charge is 0.497 e. The second-order valence-corrected chi connectivity index (χ2v) is 6.74. The molecule has 0 aliphatic rings. The molecule has 0 saturated heterocycles. The van der Waals surface area contributed by atoms with E-state index < -0.39 is 5.97 Å². The van der Waals surface area contributed by atoms with Crippen LogP contribution in [-0.2, 0) is 11.3 Å². The fraction of sp³-hybridized carbons (Fsp3) is 0.174. The summed E-state index contributed by atoms with van der Waals surface area (Å²) in [6.07, 6.45) is 1.64. The molecule has 0 amide bonds. The molecule has 0 unspecified atom stereocenters. The molecule has 2 aromatic carbocycles. The Bertz CT molecular complexity index is 1200. The van der Waals surface area contributed by atoms with Crippen molar-refractivity contribution in [3.05, 3.63) is 77.8 Å². The van der Waals surface area contributed by atoms with Crippen LogP contribution in [0.1, 0.15) is 21.8 Å². The maximum absolute atomic E-state index is 13.0. The Balaban J connectivity index is 1.76. The Morgan fingerprint density at radius 3 is 2.55 bits per heavy atom. The number of rotatable bonds is 7. The summed E-state index contributed by atoms with van der Waals surface area (Å²) in [5.41, 5.74) is 2.65. The van der Waals surface area contributed by atoms with Crippen molar-refractivity contribution in [2.24, 2.45) is 0 Å². The van der Waals surface area contributed by atoms with E-state index in [1.165, 1.54) is 0 Å². The zero-order chi connectivity index (χ0) is 21.8. The second-order valence-electron chi connectivity index (χ2n) is 6.74. The first-order valence-corrected chi connectivity index (χ1v) is 9.56. The van der Waals surface area contributed by atoms with E-state index in [9.17, 15) is 4.79 Å². The third kappa shape index (κ3) is 4.28. The number of methoxy groups -OCH3 is 2. The molecule has 8 heteroatoms. The number of nitrogens with zero attached hydrogens (tertiary/aromatic N) is 3. The summed E-state index contributed by atoms with van der Waals surface area (Å²) in [6.45, 7) is 1.76. The number of ether oxygens (including phenoxy) is 3. The maximum atomic E-state index is 13.0. The van der Waals surface area contributed by atoms with Crippen molar-refractivity contribution in [3.8, 4) is 28.4 Å². The van der Waals surface area contributed by atoms with Gasteiger partial charge in [0.05, 0.1) is 19.9 Å². The van der Waals surface area contributed by atoms with E-state index in [4.69, 9.17) is 18.7 Å². The van der Waals surface area contributed by atoms with Gasteiger partial charge in [-0.1, -0.05) is 23.4 Å². The molecule has 0 spiro atoms. The summed E-state index contributed by atoms with van der Waals surface area (Å²) in [4.78, 5) is 13.0. The van der Waals surface area contributed by atoms with Crippen LogP contribution in [-0.4, -0.2) is 35.1 Å². The van der Waals surface area contributed by atoms with Crippen molar-refractivity contribution in [2.75, 3.05) is 14.2 Å². The Labute approximate surface area is 179 Å². The van der Waals surface area contributed by atoms with Crippen LogP contribution < -0.4 is 9.47 Å². The summed E-state index contributed by atoms with van der Waals surface area (Å²) >= 11 is 0. The minimum absolute atomic E-state index is 0.0125. The molecule has 4 aromatic rings. The van der Waals surface area contributed by atoms with E-state index in [2.05, 4.69) is 10.3 Å². The van der Waals surface area contributed by atoms with Crippen LogP contribution in [0.5, 0.6) is 11.5 Å². The van der Waals surface area contributed by atoms with E-state index in [0.29, 0.717) is 34.2 Å². The van der Waals surface area contributed by atoms with E-state index in [1.807, 2.05) is 30.3 Å². The number of hydrogen-bond acceptors (Lipinski definition) is 7. The van der Waals surface area contributed by atoms with Gasteiger partial charge in [-0.3, -0.25) is 0 Å². The molecule has 2 aromatic heterocycles. The summed E-state index contributed by atoms with van der Waals surface area (Å²) in [7, 11) is 3.13. The minimum Gasteiger partial charge on any atom is -0.497 e. The van der Waals surface area contributed by atoms with Crippen molar-refractivity contribution in [3.63, 3.8) is 0 Å². The molecule has 0 saturated carbocycles. The standard InChI is InChI=1S/C23H21N3O5/c1-15-11-16(25-31-15)14-30-23(27)20-13-26(17-7-5-4-6-8-17)24-22(20)19-12-18(28-2)9-10-21(19)29-3/h4-13H,14H2,1-3H3. The van der Waals surface area contributed by atoms with Crippen LogP contribution in [0, 0.1) is 6.92 Å². The fourth-order valence-corrected chi connectivity index (χ4v) is 3.14. The van der Waals surface area contributed by atoms with Crippen LogP contribution in [0.4, 0.5) is 0 Å². The quantitative estimate of drug-likeness (QED) is 0.415. The number of aromatic nitrogens is 3. The third-order valence-electron chi connectivity index (χ3n) is 4.64. The Morgan fingerprint density at radius 1 is 1.06 bits per heavy atom. The minimum atomic E-state index is -0.539. The number of hydrogen-bond donors (Lipinski definition) is 0. The third-order valence-corrected chi connectivity index (χ3v) is 4.64. The van der Waals surface area contributed by atoms with Gasteiger partial charge in [0.2, 0.25) is 0 Å². The van der Waals surface area contributed by atoms with Gasteiger partial charge >= 0.3 is 5.97 Å². The molecule has 0 N–H and O–H groups in total. The van der Waals surface area contributed by atoms with Gasteiger partial charge in [-0.15, -0.1) is 0 Å². The highest BCUT2D eigenvalue weighted by Crippen LogP contribution is 2.35. The summed E-state index contributed by atoms with van der Waals surface area (Å²) in [5.74, 6) is 1.27. The first kappa shape index (κ1) is 20.2. The predicted octanol–water partition coefficient (Wildman–Crippen LogP) is 4.21. The van der Waals surface area contributed by atoms with Gasteiger partial charge in [-0.25, -0.2) is 9.48 Å². The van der Waals surface area contributed by atoms with Crippen LogP contribution >= 0.6 is 0 Å². The molecular weight excluding hydrogens is 398 g/mol. The number of benzene rings is 2. The monoisotopic (exact) mass is 419 g/mol. The van der Waals surface area contributed by atoms with Crippen LogP contribution in [0.15, 0.2) is 65.3 Å². The molecule has 0 fully saturated rings. The number of aryl methyl sites for hydroxylation is 1. The molecule has 31 heavy (non-hydrogen) atoms. The lowest BCUT2D eigenvalue weighted by Crippen LogP contribution is -2.06. The molecule has 158 valence electrons. The Kier molecular flexibility index (Phi) is 5.70. The Morgan fingerprint density at radius 2 is 1.87 bits per heavy atom. The van der Waals surface area contributed by atoms with Crippen molar-refractivity contribution >= 4 is 5.97 Å². The highest BCUT2D eigenvalue weighted by molar-refractivity contribution is 5.97. The lowest BCUT2D eigenvalue weighted by atomic mass is 10.1. The van der Waals surface area contributed by atoms with E-state index in [-0.39, 0.29) is 12.2 Å². The van der Waals surface area contributed by atoms with Gasteiger partial charge in [0.1, 0.15) is 40.8 Å². The highest BCUT2D eigenvalue weighted by Gasteiger charge is 2.23. The summed E-state index contributed by atoms with van der Waals surface area (Å²) < 4.78 is 23.0. The number of esters is 1. The lowest BCUT2D eigenvalue weighted by Gasteiger charge is -2.10. The maximum Gasteiger partial charge on any atom is 0.342 e. The SMILES string of the molecule is COc1ccc(OC)c(-c2nn(-c3ccccc3)cc2C(=O)OCc2cc(C)on2)c1. The highest BCUT2D eigenvalue weighted by atomic mass is 16.5. The molecule has 0 bridgehead atoms. The van der Waals surface area contributed by atoms with Gasteiger partial charge in [0.15, 0.2) is 0 Å². The lowest BCUT2D eigenvalue weighted by molar-refractivity contribution is 0.0465. The zero-order valence-corrected chi connectivity index (χ0v) is 17.4.